The molecule has 2 aromatic carbocycles. The summed E-state index contributed by atoms with van der Waals surface area (Å²) in [6.45, 7) is 0.0780. The Labute approximate surface area is 146 Å². The first-order valence-corrected chi connectivity index (χ1v) is 8.30. The van der Waals surface area contributed by atoms with Crippen molar-refractivity contribution >= 4 is 21.8 Å². The van der Waals surface area contributed by atoms with Gasteiger partial charge in [-0.3, -0.25) is 4.79 Å². The molecule has 0 aliphatic carbocycles. The molecular formula is C17H16BrF2N3O. The lowest BCUT2D eigenvalue weighted by Crippen LogP contribution is -2.42. The van der Waals surface area contributed by atoms with Crippen LogP contribution in [0.25, 0.3) is 0 Å². The van der Waals surface area contributed by atoms with E-state index in [9.17, 15) is 13.6 Å². The van der Waals surface area contributed by atoms with Crippen molar-refractivity contribution in [3.8, 4) is 0 Å². The van der Waals surface area contributed by atoms with E-state index in [0.29, 0.717) is 12.0 Å². The van der Waals surface area contributed by atoms with Crippen molar-refractivity contribution in [3.63, 3.8) is 0 Å². The summed E-state index contributed by atoms with van der Waals surface area (Å²) in [6, 6.07) is 10.7. The van der Waals surface area contributed by atoms with Gasteiger partial charge < -0.3 is 5.32 Å². The molecule has 24 heavy (non-hydrogen) atoms. The zero-order chi connectivity index (χ0) is 17.1. The second kappa shape index (κ2) is 7.38. The zero-order valence-electron chi connectivity index (χ0n) is 12.7. The Morgan fingerprint density at radius 1 is 1.12 bits per heavy atom. The summed E-state index contributed by atoms with van der Waals surface area (Å²) in [7, 11) is 0. The van der Waals surface area contributed by atoms with Crippen LogP contribution in [0.1, 0.15) is 23.6 Å². The molecule has 2 atom stereocenters. The summed E-state index contributed by atoms with van der Waals surface area (Å²) in [6.07, 6.45) is 0.588. The Morgan fingerprint density at radius 3 is 2.46 bits per heavy atom. The molecule has 2 aromatic rings. The predicted octanol–water partition coefficient (Wildman–Crippen LogP) is 2.95. The largest absolute Gasteiger partial charge is 0.351 e. The van der Waals surface area contributed by atoms with Crippen LogP contribution in [0.4, 0.5) is 8.78 Å². The van der Waals surface area contributed by atoms with Gasteiger partial charge in [0.25, 0.3) is 0 Å². The zero-order valence-corrected chi connectivity index (χ0v) is 14.2. The summed E-state index contributed by atoms with van der Waals surface area (Å²) in [5.41, 5.74) is 7.51. The summed E-state index contributed by atoms with van der Waals surface area (Å²) in [5, 5.41) is 2.69. The van der Waals surface area contributed by atoms with E-state index in [4.69, 9.17) is 0 Å². The first-order valence-electron chi connectivity index (χ1n) is 7.50. The minimum Gasteiger partial charge on any atom is -0.351 e. The lowest BCUT2D eigenvalue weighted by atomic mass is 10.0. The van der Waals surface area contributed by atoms with E-state index in [1.54, 1.807) is 0 Å². The molecule has 0 bridgehead atoms. The minimum atomic E-state index is -0.657. The van der Waals surface area contributed by atoms with Crippen molar-refractivity contribution in [2.45, 2.75) is 25.0 Å². The number of hydrazine groups is 1. The van der Waals surface area contributed by atoms with Crippen LogP contribution in [0.3, 0.4) is 0 Å². The molecule has 3 rings (SSSR count). The molecule has 7 heteroatoms. The van der Waals surface area contributed by atoms with Gasteiger partial charge in [0.05, 0.1) is 0 Å². The molecule has 1 fully saturated rings. The molecule has 0 radical (unpaired) electrons. The molecule has 1 saturated heterocycles. The number of benzene rings is 2. The van der Waals surface area contributed by atoms with Gasteiger partial charge in [0, 0.05) is 23.1 Å². The average Bonchev–Trinajstić information content (AvgIpc) is 3.02. The van der Waals surface area contributed by atoms with Crippen LogP contribution in [0.15, 0.2) is 46.9 Å². The highest BCUT2D eigenvalue weighted by molar-refractivity contribution is 9.10. The van der Waals surface area contributed by atoms with Crippen molar-refractivity contribution in [2.24, 2.45) is 0 Å². The van der Waals surface area contributed by atoms with Gasteiger partial charge in [-0.1, -0.05) is 28.1 Å². The quantitative estimate of drug-likeness (QED) is 0.745. The van der Waals surface area contributed by atoms with Gasteiger partial charge >= 0.3 is 0 Å². The molecule has 1 aliphatic rings. The monoisotopic (exact) mass is 395 g/mol. The SMILES string of the molecule is O=C(NCc1cc(F)cc(F)c1)C1CC(c2ccc(Br)cc2)NN1. The number of hydrogen-bond acceptors (Lipinski definition) is 3. The highest BCUT2D eigenvalue weighted by atomic mass is 79.9. The van der Waals surface area contributed by atoms with E-state index in [1.165, 1.54) is 12.1 Å². The standard InChI is InChI=1S/C17H16BrF2N3O/c18-12-3-1-11(2-4-12)15-8-16(23-22-15)17(24)21-9-10-5-13(19)7-14(20)6-10/h1-7,15-16,22-23H,8-9H2,(H,21,24). The van der Waals surface area contributed by atoms with Gasteiger partial charge in [-0.05, 0) is 41.8 Å². The molecule has 0 aromatic heterocycles. The van der Waals surface area contributed by atoms with Crippen LogP contribution in [-0.4, -0.2) is 11.9 Å². The third-order valence-corrected chi connectivity index (χ3v) is 4.41. The van der Waals surface area contributed by atoms with E-state index in [-0.39, 0.29) is 18.5 Å². The number of nitrogens with one attached hydrogen (secondary N) is 3. The van der Waals surface area contributed by atoms with Crippen LogP contribution >= 0.6 is 15.9 Å². The first-order chi connectivity index (χ1) is 11.5. The smallest absolute Gasteiger partial charge is 0.238 e. The molecule has 1 heterocycles. The van der Waals surface area contributed by atoms with Crippen LogP contribution < -0.4 is 16.2 Å². The molecule has 0 spiro atoms. The third-order valence-electron chi connectivity index (χ3n) is 3.88. The fourth-order valence-electron chi connectivity index (χ4n) is 2.67. The Hall–Kier alpha value is -1.83. The van der Waals surface area contributed by atoms with Gasteiger partial charge in [0.1, 0.15) is 17.7 Å². The summed E-state index contributed by atoms with van der Waals surface area (Å²) < 4.78 is 27.3. The molecule has 2 unspecified atom stereocenters. The maximum Gasteiger partial charge on any atom is 0.238 e. The van der Waals surface area contributed by atoms with Gasteiger partial charge in [0.2, 0.25) is 5.91 Å². The number of carbonyl (C=O) groups excluding carboxylic acids is 1. The van der Waals surface area contributed by atoms with Gasteiger partial charge in [-0.15, -0.1) is 0 Å². The van der Waals surface area contributed by atoms with Crippen molar-refractivity contribution in [1.82, 2.24) is 16.2 Å². The molecule has 4 nitrogen and oxygen atoms in total. The number of hydrogen-bond donors (Lipinski definition) is 3. The predicted molar refractivity (Wildman–Crippen MR) is 89.8 cm³/mol. The molecule has 1 aliphatic heterocycles. The van der Waals surface area contributed by atoms with E-state index >= 15 is 0 Å². The highest BCUT2D eigenvalue weighted by Crippen LogP contribution is 2.23. The Kier molecular flexibility index (Phi) is 5.23. The number of rotatable bonds is 4. The Morgan fingerprint density at radius 2 is 1.79 bits per heavy atom. The topological polar surface area (TPSA) is 53.2 Å². The second-order valence-corrected chi connectivity index (χ2v) is 6.59. The van der Waals surface area contributed by atoms with E-state index in [0.717, 1.165) is 16.1 Å². The fraction of sp³-hybridized carbons (Fsp3) is 0.235. The molecule has 3 N–H and O–H groups in total. The minimum absolute atomic E-state index is 0.0282. The number of carbonyl (C=O) groups is 1. The lowest BCUT2D eigenvalue weighted by Gasteiger charge is -2.11. The first kappa shape index (κ1) is 17.0. The molecule has 1 amide bonds. The van der Waals surface area contributed by atoms with Crippen molar-refractivity contribution in [1.29, 1.82) is 0 Å². The van der Waals surface area contributed by atoms with Crippen molar-refractivity contribution in [2.75, 3.05) is 0 Å². The number of amides is 1. The summed E-state index contributed by atoms with van der Waals surface area (Å²) in [4.78, 5) is 12.2. The van der Waals surface area contributed by atoms with E-state index in [2.05, 4.69) is 32.1 Å². The van der Waals surface area contributed by atoms with E-state index < -0.39 is 17.7 Å². The molecular weight excluding hydrogens is 380 g/mol. The molecule has 0 saturated carbocycles. The van der Waals surface area contributed by atoms with Crippen molar-refractivity contribution in [3.05, 3.63) is 69.7 Å². The van der Waals surface area contributed by atoms with Gasteiger partial charge in [0.15, 0.2) is 0 Å². The van der Waals surface area contributed by atoms with Crippen LogP contribution in [0.5, 0.6) is 0 Å². The maximum atomic E-state index is 13.1. The van der Waals surface area contributed by atoms with Crippen molar-refractivity contribution < 1.29 is 13.6 Å². The van der Waals surface area contributed by atoms with Crippen LogP contribution in [0.2, 0.25) is 0 Å². The van der Waals surface area contributed by atoms with Crippen LogP contribution in [-0.2, 0) is 11.3 Å². The lowest BCUT2D eigenvalue weighted by molar-refractivity contribution is -0.123. The maximum absolute atomic E-state index is 13.1. The van der Waals surface area contributed by atoms with Crippen LogP contribution in [0, 0.1) is 11.6 Å². The summed E-state index contributed by atoms with van der Waals surface area (Å²) >= 11 is 3.39. The number of halogens is 3. The Bertz CT molecular complexity index is 719. The summed E-state index contributed by atoms with van der Waals surface area (Å²) in [5.74, 6) is -1.53. The third kappa shape index (κ3) is 4.17. The average molecular weight is 396 g/mol. The normalized spacial score (nSPS) is 20.1. The van der Waals surface area contributed by atoms with E-state index in [1.807, 2.05) is 24.3 Å². The van der Waals surface area contributed by atoms with Gasteiger partial charge in [-0.25, -0.2) is 19.6 Å². The highest BCUT2D eigenvalue weighted by Gasteiger charge is 2.29. The fourth-order valence-corrected chi connectivity index (χ4v) is 2.93. The second-order valence-electron chi connectivity index (χ2n) is 5.68. The molecule has 126 valence electrons. The Balaban J connectivity index is 1.55. The van der Waals surface area contributed by atoms with Gasteiger partial charge in [-0.2, -0.15) is 0 Å².